The molecule has 13 heavy (non-hydrogen) atoms. The summed E-state index contributed by atoms with van der Waals surface area (Å²) in [5, 5.41) is 0.152. The Morgan fingerprint density at radius 2 is 2.15 bits per heavy atom. The summed E-state index contributed by atoms with van der Waals surface area (Å²) in [6, 6.07) is 4.49. The Labute approximate surface area is 88.2 Å². The average molecular weight is 243 g/mol. The summed E-state index contributed by atoms with van der Waals surface area (Å²) in [7, 11) is 1.18. The molecule has 0 amide bonds. The van der Waals surface area contributed by atoms with Crippen LogP contribution in [0.3, 0.4) is 0 Å². The van der Waals surface area contributed by atoms with E-state index in [2.05, 4.69) is 16.4 Å². The van der Waals surface area contributed by atoms with E-state index in [-0.39, 0.29) is 10.8 Å². The minimum Gasteiger partial charge on any atom is -0.433 e. The molecule has 0 saturated carbocycles. The van der Waals surface area contributed by atoms with Gasteiger partial charge in [0, 0.05) is 4.90 Å². The highest BCUT2D eigenvalue weighted by atomic mass is 35.5. The van der Waals surface area contributed by atoms with Gasteiger partial charge >= 0.3 is 6.61 Å². The van der Waals surface area contributed by atoms with E-state index in [1.165, 1.54) is 22.9 Å². The fourth-order valence-corrected chi connectivity index (χ4v) is 1.66. The normalized spacial score (nSPS) is 10.5. The highest BCUT2D eigenvalue weighted by Crippen LogP contribution is 2.31. The van der Waals surface area contributed by atoms with E-state index in [1.54, 1.807) is 6.07 Å². The Bertz CT molecular complexity index is 296. The highest BCUT2D eigenvalue weighted by Gasteiger charge is 2.08. The van der Waals surface area contributed by atoms with Crippen molar-refractivity contribution in [3.8, 4) is 5.75 Å². The lowest BCUT2D eigenvalue weighted by molar-refractivity contribution is -0.0498. The van der Waals surface area contributed by atoms with E-state index in [1.807, 2.05) is 0 Å². The van der Waals surface area contributed by atoms with Crippen LogP contribution in [0.2, 0.25) is 5.02 Å². The second-order valence-electron chi connectivity index (χ2n) is 2.06. The Hall–Kier alpha value is -0.130. The molecule has 0 N–H and O–H groups in total. The lowest BCUT2D eigenvalue weighted by Gasteiger charge is -2.06. The van der Waals surface area contributed by atoms with E-state index in [9.17, 15) is 8.78 Å². The quantitative estimate of drug-likeness (QED) is 0.636. The molecule has 6 heteroatoms. The summed E-state index contributed by atoms with van der Waals surface area (Å²) in [5.41, 5.74) is 0. The Balaban J connectivity index is 2.85. The molecule has 1 nitrogen and oxygen atoms in total. The van der Waals surface area contributed by atoms with Gasteiger partial charge in [0.25, 0.3) is 0 Å². The van der Waals surface area contributed by atoms with Crippen molar-refractivity contribution < 1.29 is 13.5 Å². The maximum atomic E-state index is 11.8. The van der Waals surface area contributed by atoms with Gasteiger partial charge in [0.2, 0.25) is 0 Å². The van der Waals surface area contributed by atoms with Crippen LogP contribution in [0.15, 0.2) is 23.1 Å². The van der Waals surface area contributed by atoms with Crippen molar-refractivity contribution in [3.05, 3.63) is 23.2 Å². The van der Waals surface area contributed by atoms with Gasteiger partial charge in [0.1, 0.15) is 5.75 Å². The Kier molecular flexibility index (Phi) is 4.15. The third-order valence-corrected chi connectivity index (χ3v) is 2.62. The zero-order chi connectivity index (χ0) is 9.84. The second kappa shape index (κ2) is 4.93. The first-order valence-corrected chi connectivity index (χ1v) is 5.44. The molecule has 0 bridgehead atoms. The fraction of sp³-hybridized carbons (Fsp3) is 0.143. The molecule has 0 fully saturated rings. The van der Waals surface area contributed by atoms with Crippen LogP contribution in [0.4, 0.5) is 8.78 Å². The largest absolute Gasteiger partial charge is 0.433 e. The number of rotatable bonds is 3. The lowest BCUT2D eigenvalue weighted by atomic mass is 10.3. The van der Waals surface area contributed by atoms with Crippen LogP contribution in [-0.4, -0.2) is 6.61 Å². The predicted octanol–water partition coefficient (Wildman–Crippen LogP) is 3.88. The zero-order valence-corrected chi connectivity index (χ0v) is 8.67. The lowest BCUT2D eigenvalue weighted by Crippen LogP contribution is -2.02. The van der Waals surface area contributed by atoms with Crippen LogP contribution >= 0.6 is 34.1 Å². The minimum atomic E-state index is -2.85. The maximum absolute atomic E-state index is 11.8. The first-order chi connectivity index (χ1) is 6.13. The molecule has 0 aliphatic rings. The van der Waals surface area contributed by atoms with Gasteiger partial charge in [-0.3, -0.25) is 0 Å². The van der Waals surface area contributed by atoms with Crippen LogP contribution in [-0.2, 0) is 0 Å². The molecule has 0 unspecified atom stereocenters. The molecule has 0 spiro atoms. The topological polar surface area (TPSA) is 9.23 Å². The van der Waals surface area contributed by atoms with Gasteiger partial charge in [0.05, 0.1) is 5.02 Å². The van der Waals surface area contributed by atoms with E-state index in [0.29, 0.717) is 0 Å². The van der Waals surface area contributed by atoms with Crippen molar-refractivity contribution in [1.82, 2.24) is 0 Å². The molecule has 0 atom stereocenters. The van der Waals surface area contributed by atoms with E-state index >= 15 is 0 Å². The van der Waals surface area contributed by atoms with Crippen LogP contribution in [0.5, 0.6) is 5.75 Å². The summed E-state index contributed by atoms with van der Waals surface area (Å²) in [5.74, 6) is -0.0252. The van der Waals surface area contributed by atoms with Gasteiger partial charge in [0.15, 0.2) is 0 Å². The molecule has 72 valence electrons. The summed E-state index contributed by atoms with van der Waals surface area (Å²) in [6.07, 6.45) is 0. The van der Waals surface area contributed by atoms with Gasteiger partial charge in [-0.05, 0) is 18.2 Å². The summed E-state index contributed by atoms with van der Waals surface area (Å²) < 4.78 is 27.7. The number of halogens is 3. The van der Waals surface area contributed by atoms with Crippen molar-refractivity contribution in [1.29, 1.82) is 0 Å². The number of alkyl halides is 2. The molecule has 0 aliphatic heterocycles. The molecule has 1 rings (SSSR count). The van der Waals surface area contributed by atoms with Gasteiger partial charge < -0.3 is 4.74 Å². The first-order valence-electron chi connectivity index (χ1n) is 3.19. The van der Waals surface area contributed by atoms with Gasteiger partial charge in [-0.15, -0.1) is 11.7 Å². The SMILES string of the molecule is FC(F)Oc1ccc(SS)cc1Cl. The Morgan fingerprint density at radius 1 is 1.46 bits per heavy atom. The molecular weight excluding hydrogens is 238 g/mol. The summed E-state index contributed by atoms with van der Waals surface area (Å²) >= 11 is 9.58. The molecule has 1 aromatic rings. The van der Waals surface area contributed by atoms with Gasteiger partial charge in [-0.1, -0.05) is 22.4 Å². The van der Waals surface area contributed by atoms with Crippen molar-refractivity contribution >= 4 is 34.1 Å². The molecule has 0 aliphatic carbocycles. The third-order valence-electron chi connectivity index (χ3n) is 1.22. The summed E-state index contributed by atoms with van der Waals surface area (Å²) in [6.45, 7) is -2.85. The Morgan fingerprint density at radius 3 is 2.62 bits per heavy atom. The van der Waals surface area contributed by atoms with Crippen LogP contribution in [0.1, 0.15) is 0 Å². The number of hydrogen-bond acceptors (Lipinski definition) is 3. The minimum absolute atomic E-state index is 0.0252. The zero-order valence-electron chi connectivity index (χ0n) is 6.21. The van der Waals surface area contributed by atoms with Crippen molar-refractivity contribution in [2.24, 2.45) is 0 Å². The van der Waals surface area contributed by atoms with E-state index in [4.69, 9.17) is 11.6 Å². The second-order valence-corrected chi connectivity index (χ2v) is 3.67. The van der Waals surface area contributed by atoms with Crippen molar-refractivity contribution in [3.63, 3.8) is 0 Å². The van der Waals surface area contributed by atoms with E-state index in [0.717, 1.165) is 4.90 Å². The molecule has 0 aromatic heterocycles. The van der Waals surface area contributed by atoms with Crippen molar-refractivity contribution in [2.45, 2.75) is 11.5 Å². The van der Waals surface area contributed by atoms with Crippen molar-refractivity contribution in [2.75, 3.05) is 0 Å². The van der Waals surface area contributed by atoms with Gasteiger partial charge in [-0.2, -0.15) is 8.78 Å². The molecule has 0 radical (unpaired) electrons. The predicted molar refractivity (Wildman–Crippen MR) is 52.9 cm³/mol. The smallest absolute Gasteiger partial charge is 0.387 e. The van der Waals surface area contributed by atoms with Crippen LogP contribution in [0.25, 0.3) is 0 Å². The van der Waals surface area contributed by atoms with E-state index < -0.39 is 6.61 Å². The van der Waals surface area contributed by atoms with Crippen LogP contribution in [0, 0.1) is 0 Å². The molecule has 0 heterocycles. The maximum Gasteiger partial charge on any atom is 0.387 e. The average Bonchev–Trinajstić information content (AvgIpc) is 2.08. The summed E-state index contributed by atoms with van der Waals surface area (Å²) in [4.78, 5) is 0.773. The van der Waals surface area contributed by atoms with Crippen LogP contribution < -0.4 is 4.74 Å². The third kappa shape index (κ3) is 3.25. The number of ether oxygens (including phenoxy) is 1. The monoisotopic (exact) mass is 242 g/mol. The van der Waals surface area contributed by atoms with Gasteiger partial charge in [-0.25, -0.2) is 0 Å². The first kappa shape index (κ1) is 10.9. The number of hydrogen-bond donors (Lipinski definition) is 1. The number of thiol groups is 1. The highest BCUT2D eigenvalue weighted by molar-refractivity contribution is 8.68. The molecular formula is C7H5ClF2OS2. The molecule has 0 saturated heterocycles. The number of benzene rings is 1. The molecule has 1 aromatic carbocycles. The fourth-order valence-electron chi connectivity index (χ4n) is 0.730. The standard InChI is InChI=1S/C7H5ClF2OS2/c8-5-3-4(13-12)1-2-6(5)11-7(9)10/h1-3,7,12H.